The minimum atomic E-state index is -0.0601. The molecule has 16 heteroatoms. The van der Waals surface area contributed by atoms with Crippen molar-refractivity contribution >= 4 is 135 Å². The fraction of sp³-hybridized carbons (Fsp3) is 0.528. The predicted octanol–water partition coefficient (Wildman–Crippen LogP) is 31.7. The number of unbranched alkanes of at least 4 members (excludes halogenated alkanes) is 16. The van der Waals surface area contributed by atoms with Gasteiger partial charge in [0.1, 0.15) is 11.5 Å². The molecule has 0 aliphatic carbocycles. The molecule has 0 saturated carbocycles. The van der Waals surface area contributed by atoms with Crippen LogP contribution >= 0.6 is 68.0 Å². The first-order valence-corrected chi connectivity index (χ1v) is 52.7. The Morgan fingerprint density at radius 3 is 0.811 bits per heavy atom. The molecule has 13 rings (SSSR count). The first-order chi connectivity index (χ1) is 59.7. The van der Waals surface area contributed by atoms with Crippen LogP contribution in [0.15, 0.2) is 131 Å². The van der Waals surface area contributed by atoms with Gasteiger partial charge >= 0.3 is 0 Å². The average molecular weight is 1760 g/mol. The first kappa shape index (κ1) is 92.5. The lowest BCUT2D eigenvalue weighted by Crippen LogP contribution is -2.34. The number of aryl methyl sites for hydroxylation is 2. The lowest BCUT2D eigenvalue weighted by Gasteiger charge is -2.29. The van der Waals surface area contributed by atoms with Crippen LogP contribution < -0.4 is 9.47 Å². The Hall–Kier alpha value is -7.18. The van der Waals surface area contributed by atoms with E-state index >= 15 is 19.2 Å². The molecule has 6 aromatic heterocycles. The second-order valence-corrected chi connectivity index (χ2v) is 41.5. The minimum absolute atomic E-state index is 0.0601. The topological polar surface area (TPSA) is 99.7 Å². The Labute approximate surface area is 755 Å². The van der Waals surface area contributed by atoms with Crippen molar-refractivity contribution in [3.8, 4) is 51.9 Å². The highest BCUT2D eigenvalue weighted by molar-refractivity contribution is 7.28. The van der Waals surface area contributed by atoms with Gasteiger partial charge in [0.15, 0.2) is 0 Å². The maximum atomic E-state index is 16.1. The summed E-state index contributed by atoms with van der Waals surface area (Å²) in [7, 11) is 0. The van der Waals surface area contributed by atoms with Gasteiger partial charge in [-0.25, -0.2) is 0 Å². The maximum Gasteiger partial charge on any atom is 0.261 e. The molecule has 0 bridgehead atoms. The summed E-state index contributed by atoms with van der Waals surface area (Å²) in [6.45, 7) is 30.4. The lowest BCUT2D eigenvalue weighted by atomic mass is 9.98. The van der Waals surface area contributed by atoms with Crippen molar-refractivity contribution in [3.05, 3.63) is 162 Å². The summed E-state index contributed by atoms with van der Waals surface area (Å²) in [4.78, 5) is 82.9. The summed E-state index contributed by atoms with van der Waals surface area (Å²) in [5.41, 5.74) is 10.3. The highest BCUT2D eigenvalue weighted by Gasteiger charge is 2.52. The van der Waals surface area contributed by atoms with E-state index in [2.05, 4.69) is 192 Å². The number of benzene rings is 3. The molecule has 10 heterocycles. The second-order valence-electron chi connectivity index (χ2n) is 35.1. The van der Waals surface area contributed by atoms with Gasteiger partial charge in [-0.3, -0.25) is 19.2 Å². The lowest BCUT2D eigenvalue weighted by molar-refractivity contribution is -0.124. The van der Waals surface area contributed by atoms with Crippen LogP contribution in [-0.4, -0.2) is 82.6 Å². The number of carbonyl (C=O) groups is 4. The highest BCUT2D eigenvalue weighted by Crippen LogP contribution is 2.58. The molecular formula is C106H138N4O6S6. The monoisotopic (exact) mass is 1750 g/mol. The van der Waals surface area contributed by atoms with Gasteiger partial charge in [-0.05, 0) is 171 Å². The number of rotatable bonds is 54. The third-order valence-corrected chi connectivity index (χ3v) is 33.2. The largest absolute Gasteiger partial charge is 0.491 e. The van der Waals surface area contributed by atoms with E-state index in [1.54, 1.807) is 68.0 Å². The van der Waals surface area contributed by atoms with Crippen LogP contribution in [0.3, 0.4) is 0 Å². The number of carbonyl (C=O) groups excluding carboxylic acids is 4. The van der Waals surface area contributed by atoms with E-state index in [0.29, 0.717) is 61.7 Å². The smallest absolute Gasteiger partial charge is 0.261 e. The number of thiophene rings is 6. The Bertz CT molecular complexity index is 4750. The normalized spacial score (nSPS) is 15.4. The van der Waals surface area contributed by atoms with Crippen molar-refractivity contribution < 1.29 is 28.7 Å². The molecule has 4 unspecified atom stereocenters. The Morgan fingerprint density at radius 1 is 0.270 bits per heavy atom. The molecular weight excluding hydrogens is 1620 g/mol. The fourth-order valence-electron chi connectivity index (χ4n) is 18.5. The van der Waals surface area contributed by atoms with Gasteiger partial charge < -0.3 is 29.1 Å². The van der Waals surface area contributed by atoms with Crippen LogP contribution in [0.2, 0.25) is 0 Å². The molecule has 654 valence electrons. The van der Waals surface area contributed by atoms with Crippen molar-refractivity contribution in [2.45, 2.75) is 301 Å². The van der Waals surface area contributed by atoms with E-state index in [-0.39, 0.29) is 47.3 Å². The van der Waals surface area contributed by atoms with Crippen molar-refractivity contribution in [1.29, 1.82) is 0 Å². The molecule has 9 aromatic rings. The number of hydrogen-bond acceptors (Lipinski definition) is 12. The fourth-order valence-corrected chi connectivity index (χ4v) is 25.2. The van der Waals surface area contributed by atoms with Crippen LogP contribution in [0.4, 0.5) is 0 Å². The summed E-state index contributed by atoms with van der Waals surface area (Å²) >= 11 is 10.3. The van der Waals surface area contributed by atoms with Crippen molar-refractivity contribution in [2.24, 2.45) is 23.7 Å². The minimum Gasteiger partial charge on any atom is -0.491 e. The van der Waals surface area contributed by atoms with Crippen LogP contribution in [-0.2, 0) is 32.0 Å². The maximum absolute atomic E-state index is 16.1. The van der Waals surface area contributed by atoms with Gasteiger partial charge in [0.05, 0.1) is 87.2 Å². The summed E-state index contributed by atoms with van der Waals surface area (Å²) in [6, 6.07) is 40.4. The highest BCUT2D eigenvalue weighted by atomic mass is 32.1. The summed E-state index contributed by atoms with van der Waals surface area (Å²) in [5, 5.41) is 2.05. The quantitative estimate of drug-likeness (QED) is 0.0352. The third-order valence-electron chi connectivity index (χ3n) is 26.1. The summed E-state index contributed by atoms with van der Waals surface area (Å²) < 4.78 is 16.7. The van der Waals surface area contributed by atoms with E-state index < -0.39 is 0 Å². The molecule has 4 aliphatic rings. The molecule has 10 nitrogen and oxygen atoms in total. The molecule has 0 N–H and O–H groups in total. The zero-order chi connectivity index (χ0) is 85.8. The molecule has 0 fully saturated rings. The van der Waals surface area contributed by atoms with Crippen molar-refractivity contribution in [2.75, 3.05) is 39.4 Å². The van der Waals surface area contributed by atoms with Gasteiger partial charge in [-0.1, -0.05) is 286 Å². The van der Waals surface area contributed by atoms with E-state index in [1.807, 2.05) is 19.6 Å². The number of ether oxygens (including phenoxy) is 2. The van der Waals surface area contributed by atoms with Crippen LogP contribution in [0.25, 0.3) is 83.4 Å². The van der Waals surface area contributed by atoms with E-state index in [4.69, 9.17) is 9.47 Å². The third kappa shape index (κ3) is 21.1. The number of hydrogen-bond donors (Lipinski definition) is 0. The van der Waals surface area contributed by atoms with E-state index in [1.165, 1.54) is 62.5 Å². The molecule has 4 atom stereocenters. The predicted molar refractivity (Wildman–Crippen MR) is 526 cm³/mol. The number of fused-ring (bicyclic) bond motifs is 4. The number of nitrogens with zero attached hydrogens (tertiary/aromatic N) is 4. The first-order valence-electron chi connectivity index (χ1n) is 47.8. The molecule has 0 radical (unpaired) electrons. The van der Waals surface area contributed by atoms with Crippen LogP contribution in [0.1, 0.15) is 319 Å². The standard InChI is InChI=1S/C106H138N4O6S6/c1-13-25-33-37-45-75-47-51-77(52-48-75)81-55-59-85(117-81)95-91-93(105(113)107(95)67-71(21-9)41-29-17-5)97(109(103(91)111)69-73(23-11)43-31-19-7)87-61-57-83(119-87)89-65-79-99(115-63-39-35-27-15-3)102-80(100(101(79)121-89)116-64-40-36-28-16-4)66-90(122-102)84-58-62-88(120-84)98-94-92(104(112)110(98)70-74(24-12)44-32-20-8)96(108(106(94)114)68-72(22-10)42-30-18-6)86-60-56-82(118-86)78-53-49-76(50-54-78)46-38-34-26-14-2/h47-62,65-66,71-74H,13-46,63-64,67-70H2,1-12H3. The summed E-state index contributed by atoms with van der Waals surface area (Å²) in [5.74, 6) is 2.58. The van der Waals surface area contributed by atoms with E-state index in [9.17, 15) is 0 Å². The average Bonchev–Trinajstić information content (AvgIpc) is 1.56. The zero-order valence-electron chi connectivity index (χ0n) is 75.7. The van der Waals surface area contributed by atoms with Gasteiger partial charge in [0.2, 0.25) is 0 Å². The molecule has 0 saturated heterocycles. The Balaban J connectivity index is 0.923. The SMILES string of the molecule is CCCCCCOc1c2cc(-c3ccc(C4=C5C(=O)N(CC(CC)CCCC)C(c6ccc(-c7ccc(CCCCCC)cc7)s6)=C5C(=O)N4CC(CC)CCCC)s3)sc2c(OCCCCCC)c2cc(-c3ccc(C4=C5C(=O)N(CC(CC)CCCC)C(c6ccc(-c7ccc(CCCCCC)cc7)s6)=C5C(=O)N4CC(CC)CCCC)s3)sc12. The Morgan fingerprint density at radius 2 is 0.533 bits per heavy atom. The van der Waals surface area contributed by atoms with Crippen molar-refractivity contribution in [1.82, 2.24) is 19.6 Å². The van der Waals surface area contributed by atoms with Gasteiger partial charge in [-0.15, -0.1) is 68.0 Å². The van der Waals surface area contributed by atoms with Crippen LogP contribution in [0, 0.1) is 23.7 Å². The molecule has 4 amide bonds. The van der Waals surface area contributed by atoms with Crippen LogP contribution in [0.5, 0.6) is 11.5 Å². The molecule has 3 aromatic carbocycles. The molecule has 4 aliphatic heterocycles. The summed E-state index contributed by atoms with van der Waals surface area (Å²) in [6.07, 6.45) is 37.0. The molecule has 0 spiro atoms. The van der Waals surface area contributed by atoms with Gasteiger partial charge in [0.25, 0.3) is 23.6 Å². The second kappa shape index (κ2) is 45.3. The van der Waals surface area contributed by atoms with Crippen molar-refractivity contribution in [3.63, 3.8) is 0 Å². The Kier molecular flexibility index (Phi) is 34.3. The van der Waals surface area contributed by atoms with E-state index in [0.717, 1.165) is 281 Å². The van der Waals surface area contributed by atoms with Gasteiger partial charge in [-0.2, -0.15) is 0 Å². The molecule has 122 heavy (non-hydrogen) atoms. The zero-order valence-corrected chi connectivity index (χ0v) is 80.6. The number of amides is 4. The van der Waals surface area contributed by atoms with Gasteiger partial charge in [0, 0.05) is 66.2 Å².